The molecule has 1 fully saturated rings. The highest BCUT2D eigenvalue weighted by Crippen LogP contribution is 2.67. The van der Waals surface area contributed by atoms with E-state index in [1.54, 1.807) is 16.7 Å². The van der Waals surface area contributed by atoms with E-state index < -0.39 is 0 Å². The summed E-state index contributed by atoms with van der Waals surface area (Å²) in [5.74, 6) is 1.24. The van der Waals surface area contributed by atoms with Crippen molar-refractivity contribution in [2.75, 3.05) is 0 Å². The molecule has 3 aliphatic carbocycles. The number of hydrogen-bond donors (Lipinski definition) is 0. The summed E-state index contributed by atoms with van der Waals surface area (Å²) in [6, 6.07) is 24.2. The molecule has 0 N–H and O–H groups in total. The van der Waals surface area contributed by atoms with Gasteiger partial charge in [-0.05, 0) is 79.5 Å². The Hall–Kier alpha value is -2.86. The van der Waals surface area contributed by atoms with Gasteiger partial charge in [-0.25, -0.2) is 0 Å². The second-order valence-corrected chi connectivity index (χ2v) is 16.7. The lowest BCUT2D eigenvalue weighted by molar-refractivity contribution is 0.245. The van der Waals surface area contributed by atoms with Crippen LogP contribution in [0.3, 0.4) is 0 Å². The van der Waals surface area contributed by atoms with Gasteiger partial charge in [-0.15, -0.1) is 0 Å². The topological polar surface area (TPSA) is 0 Å². The summed E-state index contributed by atoms with van der Waals surface area (Å²) >= 11 is 0. The molecule has 0 nitrogen and oxygen atoms in total. The van der Waals surface area contributed by atoms with Crippen molar-refractivity contribution in [2.24, 2.45) is 16.7 Å². The standard InChI is InChI=1S/C41H50/c1-25-12-14-26(15-13-25)35-24-41(11,36-23-29(22-32(35)36)40(8,9)10)37-33-20-27(38(2,3)4)16-18-30(33)31-19-17-28(21-34(31)37)39(5,6)7/h12-23,35-37H,24H2,1-11H3. The first kappa shape index (κ1) is 28.3. The maximum absolute atomic E-state index is 2.67. The third-order valence-corrected chi connectivity index (χ3v) is 10.5. The quantitative estimate of drug-likeness (QED) is 0.302. The Kier molecular flexibility index (Phi) is 6.25. The van der Waals surface area contributed by atoms with Crippen LogP contribution >= 0.6 is 0 Å². The molecule has 1 saturated carbocycles. The van der Waals surface area contributed by atoms with E-state index in [2.05, 4.69) is 149 Å². The van der Waals surface area contributed by atoms with Crippen molar-refractivity contribution in [3.05, 3.63) is 117 Å². The van der Waals surface area contributed by atoms with E-state index >= 15 is 0 Å². The van der Waals surface area contributed by atoms with Crippen LogP contribution in [0.4, 0.5) is 0 Å². The predicted octanol–water partition coefficient (Wildman–Crippen LogP) is 11.4. The van der Waals surface area contributed by atoms with Crippen LogP contribution in [0.2, 0.25) is 0 Å². The van der Waals surface area contributed by atoms with Crippen molar-refractivity contribution in [3.8, 4) is 11.1 Å². The summed E-state index contributed by atoms with van der Waals surface area (Å²) in [4.78, 5) is 0. The predicted molar refractivity (Wildman–Crippen MR) is 177 cm³/mol. The van der Waals surface area contributed by atoms with E-state index in [0.717, 1.165) is 0 Å². The minimum Gasteiger partial charge on any atom is -0.0730 e. The van der Waals surface area contributed by atoms with Gasteiger partial charge in [-0.2, -0.15) is 0 Å². The average molecular weight is 543 g/mol. The minimum atomic E-state index is 0.0708. The molecule has 0 bridgehead atoms. The summed E-state index contributed by atoms with van der Waals surface area (Å²) < 4.78 is 0. The lowest BCUT2D eigenvalue weighted by atomic mass is 9.64. The number of rotatable bonds is 2. The van der Waals surface area contributed by atoms with Gasteiger partial charge in [0.05, 0.1) is 0 Å². The van der Waals surface area contributed by atoms with Gasteiger partial charge in [0.1, 0.15) is 0 Å². The highest BCUT2D eigenvalue weighted by molar-refractivity contribution is 5.81. The van der Waals surface area contributed by atoms with Crippen LogP contribution in [0.5, 0.6) is 0 Å². The van der Waals surface area contributed by atoms with Gasteiger partial charge < -0.3 is 0 Å². The average Bonchev–Trinajstić information content (AvgIpc) is 3.53. The maximum atomic E-state index is 2.67. The van der Waals surface area contributed by atoms with Crippen molar-refractivity contribution in [3.63, 3.8) is 0 Å². The number of fused-ring (bicyclic) bond motifs is 4. The van der Waals surface area contributed by atoms with Crippen molar-refractivity contribution < 1.29 is 0 Å². The first-order valence-corrected chi connectivity index (χ1v) is 15.8. The molecule has 0 aliphatic heterocycles. The van der Waals surface area contributed by atoms with E-state index in [-0.39, 0.29) is 21.7 Å². The second kappa shape index (κ2) is 9.07. The molecule has 0 saturated heterocycles. The second-order valence-electron chi connectivity index (χ2n) is 16.7. The molecule has 214 valence electrons. The third kappa shape index (κ3) is 4.57. The molecule has 6 rings (SSSR count). The van der Waals surface area contributed by atoms with Gasteiger partial charge in [0, 0.05) is 17.8 Å². The molecule has 41 heavy (non-hydrogen) atoms. The Morgan fingerprint density at radius 2 is 1.17 bits per heavy atom. The molecule has 0 radical (unpaired) electrons. The normalized spacial score (nSPS) is 24.2. The zero-order valence-corrected chi connectivity index (χ0v) is 27.4. The summed E-state index contributed by atoms with van der Waals surface area (Å²) in [5, 5.41) is 0. The Balaban J connectivity index is 1.59. The molecule has 0 spiro atoms. The van der Waals surface area contributed by atoms with Crippen LogP contribution in [-0.4, -0.2) is 0 Å². The van der Waals surface area contributed by atoms with Crippen molar-refractivity contribution in [1.29, 1.82) is 0 Å². The Labute approximate surface area is 250 Å². The fourth-order valence-electron chi connectivity index (χ4n) is 7.94. The minimum absolute atomic E-state index is 0.0708. The maximum Gasteiger partial charge on any atom is 0.0165 e. The van der Waals surface area contributed by atoms with Gasteiger partial charge in [0.2, 0.25) is 0 Å². The molecule has 3 aliphatic rings. The molecule has 3 unspecified atom stereocenters. The number of benzene rings is 3. The van der Waals surface area contributed by atoms with Crippen LogP contribution in [0.1, 0.15) is 121 Å². The third-order valence-electron chi connectivity index (χ3n) is 10.5. The van der Waals surface area contributed by atoms with E-state index in [4.69, 9.17) is 0 Å². The molecule has 3 aromatic rings. The molecule has 3 aromatic carbocycles. The van der Waals surface area contributed by atoms with Gasteiger partial charge in [0.25, 0.3) is 0 Å². The van der Waals surface area contributed by atoms with Gasteiger partial charge in [-0.1, -0.05) is 153 Å². The van der Waals surface area contributed by atoms with E-state index in [0.29, 0.717) is 17.8 Å². The fraction of sp³-hybridized carbons (Fsp3) is 0.463. The fourth-order valence-corrected chi connectivity index (χ4v) is 7.94. The molecule has 0 amide bonds. The van der Waals surface area contributed by atoms with Crippen LogP contribution in [-0.2, 0) is 10.8 Å². The van der Waals surface area contributed by atoms with Crippen LogP contribution in [0, 0.1) is 23.7 Å². The van der Waals surface area contributed by atoms with Crippen LogP contribution < -0.4 is 0 Å². The summed E-state index contributed by atoms with van der Waals surface area (Å²) in [6.07, 6.45) is 6.43. The molecule has 0 heterocycles. The SMILES string of the molecule is Cc1ccc(C2CC(C)(C3c4cc(C(C)(C)C)ccc4-c4ccc(C(C)(C)C)cc43)C3C=C(C(C)(C)C)C=C23)cc1. The van der Waals surface area contributed by atoms with Crippen molar-refractivity contribution in [2.45, 2.75) is 105 Å². The largest absolute Gasteiger partial charge is 0.0730 e. The Bertz CT molecular complexity index is 1510. The van der Waals surface area contributed by atoms with E-state index in [9.17, 15) is 0 Å². The van der Waals surface area contributed by atoms with Crippen molar-refractivity contribution >= 4 is 0 Å². The van der Waals surface area contributed by atoms with Crippen LogP contribution in [0.25, 0.3) is 11.1 Å². The van der Waals surface area contributed by atoms with E-state index in [1.807, 2.05) is 0 Å². The van der Waals surface area contributed by atoms with Gasteiger partial charge in [0.15, 0.2) is 0 Å². The van der Waals surface area contributed by atoms with Crippen LogP contribution in [0.15, 0.2) is 84.0 Å². The smallest absolute Gasteiger partial charge is 0.0165 e. The molecule has 0 heteroatoms. The van der Waals surface area contributed by atoms with E-state index in [1.165, 1.54) is 45.4 Å². The molecule has 3 atom stereocenters. The number of allylic oxidation sites excluding steroid dienone is 4. The number of hydrogen-bond acceptors (Lipinski definition) is 0. The summed E-state index contributed by atoms with van der Waals surface area (Å²) in [5.41, 5.74) is 15.3. The number of aryl methyl sites for hydroxylation is 1. The summed E-state index contributed by atoms with van der Waals surface area (Å²) in [6.45, 7) is 26.1. The molecular weight excluding hydrogens is 492 g/mol. The first-order chi connectivity index (χ1) is 19.0. The lowest BCUT2D eigenvalue weighted by Gasteiger charge is -2.38. The van der Waals surface area contributed by atoms with Gasteiger partial charge in [-0.3, -0.25) is 0 Å². The summed E-state index contributed by atoms with van der Waals surface area (Å²) in [7, 11) is 0. The van der Waals surface area contributed by atoms with Gasteiger partial charge >= 0.3 is 0 Å². The van der Waals surface area contributed by atoms with Crippen molar-refractivity contribution in [1.82, 2.24) is 0 Å². The molecular formula is C41H50. The lowest BCUT2D eigenvalue weighted by Crippen LogP contribution is -2.29. The zero-order valence-electron chi connectivity index (χ0n) is 27.4. The molecule has 0 aromatic heterocycles. The Morgan fingerprint density at radius 3 is 1.63 bits per heavy atom. The monoisotopic (exact) mass is 542 g/mol. The zero-order chi connectivity index (χ0) is 29.7. The highest BCUT2D eigenvalue weighted by atomic mass is 14.6. The first-order valence-electron chi connectivity index (χ1n) is 15.8. The highest BCUT2D eigenvalue weighted by Gasteiger charge is 2.55. The Morgan fingerprint density at radius 1 is 0.659 bits per heavy atom.